The van der Waals surface area contributed by atoms with Crippen LogP contribution in [0.1, 0.15) is 20.8 Å². The maximum absolute atomic E-state index is 11.3. The third-order valence-electron chi connectivity index (χ3n) is 2.01. The van der Waals surface area contributed by atoms with Crippen LogP contribution in [0.25, 0.3) is 0 Å². The van der Waals surface area contributed by atoms with Crippen LogP contribution in [0.3, 0.4) is 0 Å². The third kappa shape index (κ3) is 1.69. The standard InChI is InChI=1S/C8H16N2O2/c1-8(2,3)10-4-6(5-11)9-7(10)12/h6,11H,4-5H2,1-3H3,(H,9,12). The molecule has 0 aliphatic carbocycles. The van der Waals surface area contributed by atoms with Gasteiger partial charge in [0.1, 0.15) is 0 Å². The SMILES string of the molecule is CC(C)(C)N1CC(CO)NC1=O. The monoisotopic (exact) mass is 172 g/mol. The summed E-state index contributed by atoms with van der Waals surface area (Å²) < 4.78 is 0. The van der Waals surface area contributed by atoms with Gasteiger partial charge >= 0.3 is 6.03 Å². The highest BCUT2D eigenvalue weighted by atomic mass is 16.3. The summed E-state index contributed by atoms with van der Waals surface area (Å²) in [5, 5.41) is 11.5. The largest absolute Gasteiger partial charge is 0.394 e. The Morgan fingerprint density at radius 1 is 1.67 bits per heavy atom. The van der Waals surface area contributed by atoms with Gasteiger partial charge in [0.25, 0.3) is 0 Å². The van der Waals surface area contributed by atoms with Crippen molar-refractivity contribution in [1.82, 2.24) is 10.2 Å². The lowest BCUT2D eigenvalue weighted by molar-refractivity contribution is 0.166. The number of urea groups is 1. The van der Waals surface area contributed by atoms with E-state index in [1.165, 1.54) is 0 Å². The molecule has 12 heavy (non-hydrogen) atoms. The first-order valence-corrected chi connectivity index (χ1v) is 4.14. The van der Waals surface area contributed by atoms with E-state index in [2.05, 4.69) is 5.32 Å². The van der Waals surface area contributed by atoms with E-state index in [1.54, 1.807) is 4.90 Å². The van der Waals surface area contributed by atoms with Crippen LogP contribution in [-0.2, 0) is 0 Å². The van der Waals surface area contributed by atoms with Crippen molar-refractivity contribution in [3.8, 4) is 0 Å². The molecule has 4 heteroatoms. The molecule has 1 atom stereocenters. The minimum atomic E-state index is -0.159. The summed E-state index contributed by atoms with van der Waals surface area (Å²) in [6, 6.07) is -0.182. The van der Waals surface area contributed by atoms with E-state index in [4.69, 9.17) is 5.11 Å². The molecule has 1 fully saturated rings. The van der Waals surface area contributed by atoms with Gasteiger partial charge in [-0.3, -0.25) is 0 Å². The zero-order chi connectivity index (χ0) is 9.35. The van der Waals surface area contributed by atoms with Crippen molar-refractivity contribution in [1.29, 1.82) is 0 Å². The van der Waals surface area contributed by atoms with Crippen molar-refractivity contribution in [2.75, 3.05) is 13.2 Å². The molecule has 70 valence electrons. The fourth-order valence-corrected chi connectivity index (χ4v) is 1.28. The number of hydrogen-bond donors (Lipinski definition) is 2. The van der Waals surface area contributed by atoms with Crippen molar-refractivity contribution < 1.29 is 9.90 Å². The fraction of sp³-hybridized carbons (Fsp3) is 0.875. The van der Waals surface area contributed by atoms with E-state index in [0.717, 1.165) is 0 Å². The van der Waals surface area contributed by atoms with Gasteiger partial charge < -0.3 is 15.3 Å². The molecule has 0 bridgehead atoms. The molecule has 0 radical (unpaired) electrons. The lowest BCUT2D eigenvalue weighted by atomic mass is 10.1. The van der Waals surface area contributed by atoms with Crippen LogP contribution in [0, 0.1) is 0 Å². The normalized spacial score (nSPS) is 24.5. The van der Waals surface area contributed by atoms with Crippen molar-refractivity contribution >= 4 is 6.03 Å². The van der Waals surface area contributed by atoms with E-state index in [1.807, 2.05) is 20.8 Å². The first-order chi connectivity index (χ1) is 5.45. The molecule has 0 aromatic carbocycles. The molecule has 0 aromatic rings. The summed E-state index contributed by atoms with van der Waals surface area (Å²) >= 11 is 0. The molecule has 1 rings (SSSR count). The van der Waals surface area contributed by atoms with E-state index in [9.17, 15) is 4.79 Å². The van der Waals surface area contributed by atoms with Crippen molar-refractivity contribution in [3.63, 3.8) is 0 Å². The van der Waals surface area contributed by atoms with Crippen LogP contribution in [-0.4, -0.2) is 40.8 Å². The highest BCUT2D eigenvalue weighted by Gasteiger charge is 2.35. The molecule has 1 saturated heterocycles. The smallest absolute Gasteiger partial charge is 0.318 e. The summed E-state index contributed by atoms with van der Waals surface area (Å²) in [6.07, 6.45) is 0. The minimum absolute atomic E-state index is 0.0122. The second-order valence-electron chi connectivity index (χ2n) is 4.11. The Bertz CT molecular complexity index is 186. The fourth-order valence-electron chi connectivity index (χ4n) is 1.28. The van der Waals surface area contributed by atoms with Crippen LogP contribution in [0.15, 0.2) is 0 Å². The average molecular weight is 172 g/mol. The van der Waals surface area contributed by atoms with E-state index >= 15 is 0 Å². The Kier molecular flexibility index (Phi) is 2.28. The van der Waals surface area contributed by atoms with Crippen LogP contribution in [0.4, 0.5) is 4.79 Å². The number of aliphatic hydroxyl groups is 1. The number of amides is 2. The van der Waals surface area contributed by atoms with Crippen molar-refractivity contribution in [2.45, 2.75) is 32.4 Å². The number of rotatable bonds is 1. The number of aliphatic hydroxyl groups excluding tert-OH is 1. The Hall–Kier alpha value is -0.770. The second kappa shape index (κ2) is 2.94. The Labute approximate surface area is 72.6 Å². The van der Waals surface area contributed by atoms with Gasteiger partial charge in [0.15, 0.2) is 0 Å². The molecule has 2 amide bonds. The third-order valence-corrected chi connectivity index (χ3v) is 2.01. The van der Waals surface area contributed by atoms with Gasteiger partial charge in [-0.2, -0.15) is 0 Å². The number of nitrogens with zero attached hydrogens (tertiary/aromatic N) is 1. The van der Waals surface area contributed by atoms with Gasteiger partial charge in [-0.25, -0.2) is 4.79 Å². The van der Waals surface area contributed by atoms with E-state index in [-0.39, 0.29) is 24.2 Å². The lowest BCUT2D eigenvalue weighted by Gasteiger charge is -2.30. The molecule has 0 aromatic heterocycles. The van der Waals surface area contributed by atoms with E-state index < -0.39 is 0 Å². The Morgan fingerprint density at radius 3 is 2.50 bits per heavy atom. The average Bonchev–Trinajstić information content (AvgIpc) is 2.29. The molecule has 1 unspecified atom stereocenters. The predicted molar refractivity (Wildman–Crippen MR) is 45.9 cm³/mol. The van der Waals surface area contributed by atoms with Crippen LogP contribution in [0.2, 0.25) is 0 Å². The number of nitrogens with one attached hydrogen (secondary N) is 1. The van der Waals surface area contributed by atoms with Gasteiger partial charge in [-0.15, -0.1) is 0 Å². The Morgan fingerprint density at radius 2 is 2.25 bits per heavy atom. The molecule has 0 saturated carbocycles. The highest BCUT2D eigenvalue weighted by molar-refractivity contribution is 5.77. The molecular weight excluding hydrogens is 156 g/mol. The Balaban J connectivity index is 2.64. The zero-order valence-electron chi connectivity index (χ0n) is 7.79. The molecule has 1 heterocycles. The summed E-state index contributed by atoms with van der Waals surface area (Å²) in [7, 11) is 0. The van der Waals surface area contributed by atoms with Crippen molar-refractivity contribution in [3.05, 3.63) is 0 Å². The predicted octanol–water partition coefficient (Wildman–Crippen LogP) is 0.171. The first-order valence-electron chi connectivity index (χ1n) is 4.14. The second-order valence-corrected chi connectivity index (χ2v) is 4.11. The van der Waals surface area contributed by atoms with Crippen LogP contribution < -0.4 is 5.32 Å². The number of hydrogen-bond acceptors (Lipinski definition) is 2. The van der Waals surface area contributed by atoms with Gasteiger partial charge in [-0.05, 0) is 20.8 Å². The van der Waals surface area contributed by atoms with Crippen LogP contribution >= 0.6 is 0 Å². The van der Waals surface area contributed by atoms with Gasteiger partial charge in [0.2, 0.25) is 0 Å². The summed E-state index contributed by atoms with van der Waals surface area (Å²) in [4.78, 5) is 13.0. The summed E-state index contributed by atoms with van der Waals surface area (Å²) in [5.41, 5.74) is -0.159. The molecular formula is C8H16N2O2. The van der Waals surface area contributed by atoms with Gasteiger partial charge in [0.05, 0.1) is 12.6 Å². The number of carbonyl (C=O) groups excluding carboxylic acids is 1. The molecule has 1 aliphatic rings. The summed E-state index contributed by atoms with van der Waals surface area (Å²) in [6.45, 7) is 6.54. The van der Waals surface area contributed by atoms with E-state index in [0.29, 0.717) is 6.54 Å². The molecule has 1 aliphatic heterocycles. The lowest BCUT2D eigenvalue weighted by Crippen LogP contribution is -2.43. The molecule has 0 spiro atoms. The molecule has 2 N–H and O–H groups in total. The zero-order valence-corrected chi connectivity index (χ0v) is 7.79. The minimum Gasteiger partial charge on any atom is -0.394 e. The highest BCUT2D eigenvalue weighted by Crippen LogP contribution is 2.17. The van der Waals surface area contributed by atoms with Gasteiger partial charge in [0, 0.05) is 12.1 Å². The van der Waals surface area contributed by atoms with Crippen molar-refractivity contribution in [2.24, 2.45) is 0 Å². The maximum Gasteiger partial charge on any atom is 0.318 e. The first kappa shape index (κ1) is 9.32. The topological polar surface area (TPSA) is 52.6 Å². The quantitative estimate of drug-likeness (QED) is 0.592. The summed E-state index contributed by atoms with van der Waals surface area (Å²) in [5.74, 6) is 0. The maximum atomic E-state index is 11.3. The van der Waals surface area contributed by atoms with Gasteiger partial charge in [-0.1, -0.05) is 0 Å². The number of carbonyl (C=O) groups is 1. The van der Waals surface area contributed by atoms with Crippen LogP contribution in [0.5, 0.6) is 0 Å². The molecule has 4 nitrogen and oxygen atoms in total.